The lowest BCUT2D eigenvalue weighted by atomic mass is 10.1. The molecule has 0 atom stereocenters. The maximum absolute atomic E-state index is 12.2. The minimum Gasteiger partial charge on any atom is -0.457 e. The van der Waals surface area contributed by atoms with Crippen LogP contribution in [0, 0.1) is 13.8 Å². The number of hydrogen-bond acceptors (Lipinski definition) is 6. The maximum Gasteiger partial charge on any atom is 0.306 e. The van der Waals surface area contributed by atoms with Crippen molar-refractivity contribution in [2.75, 3.05) is 22.6 Å². The quantitative estimate of drug-likeness (QED) is 0.336. The number of carbonyl (C=O) groups is 4. The highest BCUT2D eigenvalue weighted by Crippen LogP contribution is 2.25. The SMILES string of the molecule is CC(=O)Nc1ccc(NC(=O)COC(=O)CCC(=O)Nc2ccc(Oc3ccc(C)c(C)c3)cc2)cc1. The van der Waals surface area contributed by atoms with Crippen LogP contribution in [0.25, 0.3) is 0 Å². The molecule has 9 nitrogen and oxygen atoms in total. The summed E-state index contributed by atoms with van der Waals surface area (Å²) in [5.41, 5.74) is 3.96. The number of esters is 1. The average Bonchev–Trinajstić information content (AvgIpc) is 2.86. The number of benzene rings is 3. The van der Waals surface area contributed by atoms with Gasteiger partial charge in [-0.05, 0) is 85.6 Å². The summed E-state index contributed by atoms with van der Waals surface area (Å²) in [6, 6.07) is 19.2. The minimum atomic E-state index is -0.663. The highest BCUT2D eigenvalue weighted by molar-refractivity contribution is 5.95. The van der Waals surface area contributed by atoms with Gasteiger partial charge in [-0.1, -0.05) is 6.07 Å². The first-order chi connectivity index (χ1) is 17.7. The Morgan fingerprint density at radius 2 is 1.19 bits per heavy atom. The molecular formula is C28H29N3O6. The molecule has 0 heterocycles. The van der Waals surface area contributed by atoms with Crippen molar-refractivity contribution in [3.05, 3.63) is 77.9 Å². The van der Waals surface area contributed by atoms with Crippen LogP contribution < -0.4 is 20.7 Å². The molecule has 0 unspecified atom stereocenters. The molecule has 0 aliphatic heterocycles. The predicted molar refractivity (Wildman–Crippen MR) is 141 cm³/mol. The molecule has 0 aromatic heterocycles. The second-order valence-electron chi connectivity index (χ2n) is 8.39. The Morgan fingerprint density at radius 1 is 0.649 bits per heavy atom. The van der Waals surface area contributed by atoms with Crippen LogP contribution in [-0.2, 0) is 23.9 Å². The van der Waals surface area contributed by atoms with Crippen LogP contribution >= 0.6 is 0 Å². The van der Waals surface area contributed by atoms with Gasteiger partial charge in [0.25, 0.3) is 5.91 Å². The fourth-order valence-corrected chi connectivity index (χ4v) is 3.21. The Labute approximate surface area is 215 Å². The van der Waals surface area contributed by atoms with Crippen molar-refractivity contribution in [3.8, 4) is 11.5 Å². The van der Waals surface area contributed by atoms with Gasteiger partial charge in [0.2, 0.25) is 11.8 Å². The van der Waals surface area contributed by atoms with Crippen molar-refractivity contribution in [2.24, 2.45) is 0 Å². The third-order valence-corrected chi connectivity index (χ3v) is 5.26. The van der Waals surface area contributed by atoms with E-state index in [0.717, 1.165) is 11.3 Å². The molecule has 0 bridgehead atoms. The van der Waals surface area contributed by atoms with E-state index in [0.29, 0.717) is 22.8 Å². The number of amides is 3. The van der Waals surface area contributed by atoms with Crippen molar-refractivity contribution in [2.45, 2.75) is 33.6 Å². The zero-order chi connectivity index (χ0) is 26.8. The van der Waals surface area contributed by atoms with Gasteiger partial charge in [0, 0.05) is 30.4 Å². The molecule has 9 heteroatoms. The zero-order valence-corrected chi connectivity index (χ0v) is 20.9. The Hall–Kier alpha value is -4.66. The summed E-state index contributed by atoms with van der Waals surface area (Å²) < 4.78 is 10.8. The second-order valence-corrected chi connectivity index (χ2v) is 8.39. The van der Waals surface area contributed by atoms with E-state index in [1.54, 1.807) is 48.5 Å². The lowest BCUT2D eigenvalue weighted by Crippen LogP contribution is -2.21. The van der Waals surface area contributed by atoms with Crippen LogP contribution in [-0.4, -0.2) is 30.3 Å². The smallest absolute Gasteiger partial charge is 0.306 e. The molecular weight excluding hydrogens is 474 g/mol. The number of anilines is 3. The second kappa shape index (κ2) is 12.9. The number of aryl methyl sites for hydroxylation is 2. The maximum atomic E-state index is 12.2. The van der Waals surface area contributed by atoms with Gasteiger partial charge in [0.15, 0.2) is 6.61 Å². The Morgan fingerprint density at radius 3 is 1.78 bits per heavy atom. The van der Waals surface area contributed by atoms with Gasteiger partial charge in [-0.2, -0.15) is 0 Å². The van der Waals surface area contributed by atoms with Gasteiger partial charge < -0.3 is 25.4 Å². The van der Waals surface area contributed by atoms with Crippen molar-refractivity contribution < 1.29 is 28.7 Å². The number of carbonyl (C=O) groups excluding carboxylic acids is 4. The van der Waals surface area contributed by atoms with Gasteiger partial charge in [0.1, 0.15) is 11.5 Å². The first kappa shape index (κ1) is 26.9. The molecule has 3 aromatic rings. The van der Waals surface area contributed by atoms with Gasteiger partial charge in [-0.25, -0.2) is 0 Å². The Kier molecular flexibility index (Phi) is 9.37. The van der Waals surface area contributed by atoms with E-state index < -0.39 is 18.5 Å². The van der Waals surface area contributed by atoms with Gasteiger partial charge >= 0.3 is 5.97 Å². The lowest BCUT2D eigenvalue weighted by molar-refractivity contribution is -0.147. The summed E-state index contributed by atoms with van der Waals surface area (Å²) in [6.45, 7) is 4.97. The molecule has 0 spiro atoms. The van der Waals surface area contributed by atoms with Gasteiger partial charge in [-0.15, -0.1) is 0 Å². The van der Waals surface area contributed by atoms with E-state index in [1.165, 1.54) is 12.5 Å². The molecule has 3 amide bonds. The van der Waals surface area contributed by atoms with Crippen LogP contribution in [0.1, 0.15) is 30.9 Å². The highest BCUT2D eigenvalue weighted by atomic mass is 16.5. The molecule has 3 rings (SSSR count). The summed E-state index contributed by atoms with van der Waals surface area (Å²) in [4.78, 5) is 47.1. The normalized spacial score (nSPS) is 10.2. The number of rotatable bonds is 10. The molecule has 0 aliphatic rings. The summed E-state index contributed by atoms with van der Waals surface area (Å²) in [5.74, 6) is -0.382. The molecule has 0 fully saturated rings. The van der Waals surface area contributed by atoms with Crippen molar-refractivity contribution in [3.63, 3.8) is 0 Å². The molecule has 3 N–H and O–H groups in total. The van der Waals surface area contributed by atoms with E-state index in [2.05, 4.69) is 16.0 Å². The molecule has 3 aromatic carbocycles. The molecule has 192 valence electrons. The van der Waals surface area contributed by atoms with E-state index in [-0.39, 0.29) is 24.7 Å². The van der Waals surface area contributed by atoms with E-state index in [4.69, 9.17) is 9.47 Å². The Balaban J connectivity index is 1.36. The van der Waals surface area contributed by atoms with E-state index in [1.807, 2.05) is 32.0 Å². The number of nitrogens with one attached hydrogen (secondary N) is 3. The van der Waals surface area contributed by atoms with Gasteiger partial charge in [0.05, 0.1) is 6.42 Å². The fraction of sp³-hybridized carbons (Fsp3) is 0.214. The third-order valence-electron chi connectivity index (χ3n) is 5.26. The lowest BCUT2D eigenvalue weighted by Gasteiger charge is -2.10. The molecule has 37 heavy (non-hydrogen) atoms. The van der Waals surface area contributed by atoms with Crippen molar-refractivity contribution in [1.82, 2.24) is 0 Å². The summed E-state index contributed by atoms with van der Waals surface area (Å²) in [7, 11) is 0. The van der Waals surface area contributed by atoms with Crippen LogP contribution in [0.4, 0.5) is 17.1 Å². The van der Waals surface area contributed by atoms with Crippen molar-refractivity contribution >= 4 is 40.8 Å². The molecule has 0 saturated heterocycles. The summed E-state index contributed by atoms with van der Waals surface area (Å²) in [5, 5.41) is 7.91. The van der Waals surface area contributed by atoms with E-state index in [9.17, 15) is 19.2 Å². The largest absolute Gasteiger partial charge is 0.457 e. The first-order valence-corrected chi connectivity index (χ1v) is 11.7. The minimum absolute atomic E-state index is 0.0913. The summed E-state index contributed by atoms with van der Waals surface area (Å²) >= 11 is 0. The highest BCUT2D eigenvalue weighted by Gasteiger charge is 2.11. The topological polar surface area (TPSA) is 123 Å². The summed E-state index contributed by atoms with van der Waals surface area (Å²) in [6.07, 6.45) is -0.259. The zero-order valence-electron chi connectivity index (χ0n) is 20.9. The number of hydrogen-bond donors (Lipinski definition) is 3. The molecule has 0 aliphatic carbocycles. The fourth-order valence-electron chi connectivity index (χ4n) is 3.21. The third kappa shape index (κ3) is 9.14. The predicted octanol–water partition coefficient (Wildman–Crippen LogP) is 4.95. The molecule has 0 saturated carbocycles. The van der Waals surface area contributed by atoms with Crippen LogP contribution in [0.3, 0.4) is 0 Å². The van der Waals surface area contributed by atoms with Gasteiger partial charge in [-0.3, -0.25) is 19.2 Å². The monoisotopic (exact) mass is 503 g/mol. The Bertz CT molecular complexity index is 1270. The van der Waals surface area contributed by atoms with Crippen LogP contribution in [0.2, 0.25) is 0 Å². The van der Waals surface area contributed by atoms with E-state index >= 15 is 0 Å². The van der Waals surface area contributed by atoms with Crippen LogP contribution in [0.15, 0.2) is 66.7 Å². The average molecular weight is 504 g/mol. The first-order valence-electron chi connectivity index (χ1n) is 11.7. The number of ether oxygens (including phenoxy) is 2. The van der Waals surface area contributed by atoms with Crippen molar-refractivity contribution in [1.29, 1.82) is 0 Å². The molecule has 0 radical (unpaired) electrons. The van der Waals surface area contributed by atoms with Crippen LogP contribution in [0.5, 0.6) is 11.5 Å². The standard InChI is InChI=1S/C28H29N3O6/c1-18-4-11-25(16-19(18)2)37-24-12-9-23(10-13-24)30-26(33)14-15-28(35)36-17-27(34)31-22-7-5-21(6-8-22)29-20(3)32/h4-13,16H,14-15,17H2,1-3H3,(H,29,32)(H,30,33)(H,31,34).